The molecular weight excluding hydrogens is 500 g/mol. The van der Waals surface area contributed by atoms with Crippen LogP contribution in [0.5, 0.6) is 5.75 Å². The topological polar surface area (TPSA) is 117 Å². The number of carbonyl (C=O) groups excluding carboxylic acids is 1. The maximum atomic E-state index is 13.9. The zero-order valence-electron chi connectivity index (χ0n) is 22.1. The van der Waals surface area contributed by atoms with Crippen LogP contribution in [0.15, 0.2) is 77.6 Å². The predicted molar refractivity (Wildman–Crippen MR) is 148 cm³/mol. The number of ether oxygens (including phenoxy) is 2. The summed E-state index contributed by atoms with van der Waals surface area (Å²) in [6, 6.07) is 19.1. The van der Waals surface area contributed by atoms with E-state index in [0.29, 0.717) is 59.7 Å². The lowest BCUT2D eigenvalue weighted by atomic mass is 10.1. The van der Waals surface area contributed by atoms with Gasteiger partial charge in [-0.05, 0) is 61.4 Å². The molecule has 0 spiro atoms. The number of nitrogens with zero attached hydrogens (tertiary/aromatic N) is 4. The molecule has 39 heavy (non-hydrogen) atoms. The van der Waals surface area contributed by atoms with E-state index in [1.807, 2.05) is 13.0 Å². The Kier molecular flexibility index (Phi) is 8.67. The number of aromatic nitrogens is 2. The number of fused-ring (bicyclic) bond motifs is 1. The van der Waals surface area contributed by atoms with E-state index in [4.69, 9.17) is 14.5 Å². The number of methoxy groups -OCH3 is 2. The van der Waals surface area contributed by atoms with Crippen molar-refractivity contribution in [2.75, 3.05) is 27.4 Å². The van der Waals surface area contributed by atoms with Crippen LogP contribution >= 0.6 is 0 Å². The number of hydrogen-bond donors (Lipinski definition) is 0. The van der Waals surface area contributed by atoms with Gasteiger partial charge < -0.3 is 14.4 Å². The first-order valence-electron chi connectivity index (χ1n) is 12.6. The Morgan fingerprint density at radius 1 is 1.05 bits per heavy atom. The van der Waals surface area contributed by atoms with Crippen LogP contribution in [0.1, 0.15) is 42.0 Å². The minimum atomic E-state index is -0.580. The van der Waals surface area contributed by atoms with Crippen LogP contribution in [-0.4, -0.2) is 52.7 Å². The molecule has 0 bridgehead atoms. The Balaban J connectivity index is 1.88. The SMILES string of the molecule is CCC(c1nc2ccccc2c(=O)n1-c1ccc(OC)cc1)N(CCCOC)C(=O)c1ccc([N+](=O)[O-])cc1. The van der Waals surface area contributed by atoms with E-state index in [0.717, 1.165) is 0 Å². The molecule has 4 rings (SSSR count). The lowest BCUT2D eigenvalue weighted by Crippen LogP contribution is -2.39. The van der Waals surface area contributed by atoms with Gasteiger partial charge in [-0.2, -0.15) is 0 Å². The Morgan fingerprint density at radius 3 is 2.36 bits per heavy atom. The summed E-state index contributed by atoms with van der Waals surface area (Å²) in [5.41, 5.74) is 1.07. The molecule has 0 aliphatic heterocycles. The van der Waals surface area contributed by atoms with Crippen LogP contribution in [0.4, 0.5) is 5.69 Å². The second-order valence-electron chi connectivity index (χ2n) is 8.90. The maximum absolute atomic E-state index is 13.9. The zero-order valence-corrected chi connectivity index (χ0v) is 22.1. The van der Waals surface area contributed by atoms with Crippen molar-refractivity contribution >= 4 is 22.5 Å². The van der Waals surface area contributed by atoms with Gasteiger partial charge in [-0.1, -0.05) is 19.1 Å². The summed E-state index contributed by atoms with van der Waals surface area (Å²) < 4.78 is 12.1. The van der Waals surface area contributed by atoms with Crippen LogP contribution in [0, 0.1) is 10.1 Å². The smallest absolute Gasteiger partial charge is 0.269 e. The number of benzene rings is 3. The van der Waals surface area contributed by atoms with Crippen LogP contribution < -0.4 is 10.3 Å². The van der Waals surface area contributed by atoms with Crippen molar-refractivity contribution in [3.05, 3.63) is 105 Å². The first-order valence-corrected chi connectivity index (χ1v) is 12.6. The second-order valence-corrected chi connectivity index (χ2v) is 8.90. The van der Waals surface area contributed by atoms with Crippen LogP contribution in [0.25, 0.3) is 16.6 Å². The van der Waals surface area contributed by atoms with E-state index in [2.05, 4.69) is 0 Å². The van der Waals surface area contributed by atoms with Crippen molar-refractivity contribution < 1.29 is 19.2 Å². The summed E-state index contributed by atoms with van der Waals surface area (Å²) >= 11 is 0. The highest BCUT2D eigenvalue weighted by Gasteiger charge is 2.30. The van der Waals surface area contributed by atoms with E-state index < -0.39 is 11.0 Å². The molecule has 0 aliphatic rings. The molecule has 1 unspecified atom stereocenters. The number of nitro groups is 1. The maximum Gasteiger partial charge on any atom is 0.269 e. The van der Waals surface area contributed by atoms with Crippen molar-refractivity contribution in [3.63, 3.8) is 0 Å². The second kappa shape index (κ2) is 12.3. The number of rotatable bonds is 11. The Hall–Kier alpha value is -4.57. The molecule has 0 saturated carbocycles. The summed E-state index contributed by atoms with van der Waals surface area (Å²) in [5, 5.41) is 11.6. The van der Waals surface area contributed by atoms with Crippen LogP contribution in [0.3, 0.4) is 0 Å². The van der Waals surface area contributed by atoms with Crippen molar-refractivity contribution in [1.82, 2.24) is 14.5 Å². The molecule has 10 heteroatoms. The average molecular weight is 531 g/mol. The third-order valence-corrected chi connectivity index (χ3v) is 6.53. The van der Waals surface area contributed by atoms with E-state index >= 15 is 0 Å². The zero-order chi connectivity index (χ0) is 27.9. The lowest BCUT2D eigenvalue weighted by molar-refractivity contribution is -0.384. The van der Waals surface area contributed by atoms with Crippen molar-refractivity contribution in [2.24, 2.45) is 0 Å². The number of carbonyl (C=O) groups is 1. The van der Waals surface area contributed by atoms with Gasteiger partial charge in [0.15, 0.2) is 0 Å². The summed E-state index contributed by atoms with van der Waals surface area (Å²) in [7, 11) is 3.16. The minimum absolute atomic E-state index is 0.103. The molecule has 3 aromatic carbocycles. The van der Waals surface area contributed by atoms with Gasteiger partial charge in [-0.15, -0.1) is 0 Å². The third-order valence-electron chi connectivity index (χ3n) is 6.53. The largest absolute Gasteiger partial charge is 0.497 e. The molecule has 1 atom stereocenters. The van der Waals surface area contributed by atoms with Gasteiger partial charge in [-0.25, -0.2) is 4.98 Å². The Bertz CT molecular complexity index is 1520. The molecule has 0 radical (unpaired) electrons. The summed E-state index contributed by atoms with van der Waals surface area (Å²) in [4.78, 5) is 44.9. The molecule has 202 valence electrons. The molecule has 0 aliphatic carbocycles. The standard InChI is InChI=1S/C29H30N4O6/c1-4-26(31(18-7-19-38-2)28(34)20-10-12-22(13-11-20)33(36)37)27-30-25-9-6-5-8-24(25)29(35)32(27)21-14-16-23(39-3)17-15-21/h5-6,8-17,26H,4,7,18-19H2,1-3H3. The lowest BCUT2D eigenvalue weighted by Gasteiger charge is -2.32. The van der Waals surface area contributed by atoms with Gasteiger partial charge >= 0.3 is 0 Å². The van der Waals surface area contributed by atoms with E-state index in [9.17, 15) is 19.7 Å². The quantitative estimate of drug-likeness (QED) is 0.153. The first-order chi connectivity index (χ1) is 18.9. The molecule has 10 nitrogen and oxygen atoms in total. The fourth-order valence-electron chi connectivity index (χ4n) is 4.57. The number of amides is 1. The summed E-state index contributed by atoms with van der Waals surface area (Å²) in [5.74, 6) is 0.735. The molecule has 0 saturated heterocycles. The number of hydrogen-bond acceptors (Lipinski definition) is 7. The monoisotopic (exact) mass is 530 g/mol. The number of para-hydroxylation sites is 1. The van der Waals surface area contributed by atoms with E-state index in [-0.39, 0.29) is 17.2 Å². The highest BCUT2D eigenvalue weighted by Crippen LogP contribution is 2.28. The fraction of sp³-hybridized carbons (Fsp3) is 0.276. The fourth-order valence-corrected chi connectivity index (χ4v) is 4.57. The molecule has 1 heterocycles. The van der Waals surface area contributed by atoms with Gasteiger partial charge in [0, 0.05) is 38.0 Å². The Labute approximate surface area is 225 Å². The average Bonchev–Trinajstić information content (AvgIpc) is 2.97. The van der Waals surface area contributed by atoms with Gasteiger partial charge in [0.1, 0.15) is 11.6 Å². The molecule has 0 fully saturated rings. The minimum Gasteiger partial charge on any atom is -0.497 e. The van der Waals surface area contributed by atoms with E-state index in [1.165, 1.54) is 24.3 Å². The van der Waals surface area contributed by atoms with Gasteiger partial charge in [0.2, 0.25) is 0 Å². The number of nitro benzene ring substituents is 1. The van der Waals surface area contributed by atoms with Crippen LogP contribution in [-0.2, 0) is 4.74 Å². The van der Waals surface area contributed by atoms with Crippen molar-refractivity contribution in [3.8, 4) is 11.4 Å². The predicted octanol–water partition coefficient (Wildman–Crippen LogP) is 4.93. The summed E-state index contributed by atoms with van der Waals surface area (Å²) in [6.45, 7) is 2.68. The van der Waals surface area contributed by atoms with Crippen molar-refractivity contribution in [2.45, 2.75) is 25.8 Å². The molecular formula is C29H30N4O6. The molecule has 4 aromatic rings. The Morgan fingerprint density at radius 2 is 1.74 bits per heavy atom. The molecule has 1 amide bonds. The van der Waals surface area contributed by atoms with Gasteiger partial charge in [0.25, 0.3) is 17.2 Å². The van der Waals surface area contributed by atoms with Crippen molar-refractivity contribution in [1.29, 1.82) is 0 Å². The first kappa shape index (κ1) is 27.5. The molecule has 0 N–H and O–H groups in total. The normalized spacial score (nSPS) is 11.8. The third kappa shape index (κ3) is 5.80. The van der Waals surface area contributed by atoms with E-state index in [1.54, 1.807) is 66.2 Å². The molecule has 1 aromatic heterocycles. The van der Waals surface area contributed by atoms with Crippen LogP contribution in [0.2, 0.25) is 0 Å². The number of non-ortho nitro benzene ring substituents is 1. The van der Waals surface area contributed by atoms with Gasteiger partial charge in [-0.3, -0.25) is 24.3 Å². The highest BCUT2D eigenvalue weighted by atomic mass is 16.6. The summed E-state index contributed by atoms with van der Waals surface area (Å²) in [6.07, 6.45) is 1.01. The van der Waals surface area contributed by atoms with Gasteiger partial charge in [0.05, 0.1) is 34.7 Å². The highest BCUT2D eigenvalue weighted by molar-refractivity contribution is 5.94.